The van der Waals surface area contributed by atoms with Gasteiger partial charge >= 0.3 is 12.1 Å². The molecule has 0 bridgehead atoms. The number of halogens is 2. The first-order valence-electron chi connectivity index (χ1n) is 29.8. The summed E-state index contributed by atoms with van der Waals surface area (Å²) in [7, 11) is 0. The molecule has 4 amide bonds. The number of phenols is 1. The monoisotopic (exact) mass is 1240 g/mol. The number of fused-ring (bicyclic) bond motifs is 2. The van der Waals surface area contributed by atoms with E-state index in [2.05, 4.69) is 25.5 Å². The van der Waals surface area contributed by atoms with Gasteiger partial charge in [-0.1, -0.05) is 80.9 Å². The fourth-order valence-corrected chi connectivity index (χ4v) is 12.5. The van der Waals surface area contributed by atoms with Gasteiger partial charge in [-0.3, -0.25) is 19.3 Å². The van der Waals surface area contributed by atoms with E-state index in [1.54, 1.807) is 28.4 Å². The van der Waals surface area contributed by atoms with Crippen LogP contribution in [-0.2, 0) is 33.3 Å². The molecule has 20 nitrogen and oxygen atoms in total. The first-order chi connectivity index (χ1) is 41.4. The van der Waals surface area contributed by atoms with Crippen molar-refractivity contribution < 1.29 is 57.5 Å². The summed E-state index contributed by atoms with van der Waals surface area (Å²) in [6.45, 7) is 20.9. The number of aliphatic hydroxyl groups excluding tert-OH is 1. The molecule has 0 aliphatic carbocycles. The Balaban J connectivity index is 0.715. The lowest BCUT2D eigenvalue weighted by atomic mass is 9.85. The van der Waals surface area contributed by atoms with Crippen LogP contribution >= 0.6 is 22.9 Å². The number of piperidine rings is 1. The molecule has 2 aromatic heterocycles. The van der Waals surface area contributed by atoms with Crippen molar-refractivity contribution in [1.82, 2.24) is 40.3 Å². The zero-order chi connectivity index (χ0) is 62.3. The summed E-state index contributed by atoms with van der Waals surface area (Å²) < 4.78 is 46.9. The van der Waals surface area contributed by atoms with Gasteiger partial charge in [-0.15, -0.1) is 11.3 Å². The number of thiazole rings is 1. The number of aromatic nitrogens is 3. The highest BCUT2D eigenvalue weighted by atomic mass is 35.5. The van der Waals surface area contributed by atoms with Crippen molar-refractivity contribution in [3.05, 3.63) is 94.3 Å². The van der Waals surface area contributed by atoms with Crippen LogP contribution in [0.1, 0.15) is 92.0 Å². The summed E-state index contributed by atoms with van der Waals surface area (Å²) in [6.07, 6.45) is -0.0508. The maximum absolute atomic E-state index is 17.2. The van der Waals surface area contributed by atoms with Crippen LogP contribution in [0.3, 0.4) is 0 Å². The summed E-state index contributed by atoms with van der Waals surface area (Å²) in [5.41, 5.74) is 3.81. The third kappa shape index (κ3) is 16.3. The van der Waals surface area contributed by atoms with Crippen molar-refractivity contribution in [2.24, 2.45) is 5.41 Å². The van der Waals surface area contributed by atoms with Crippen LogP contribution in [0, 0.1) is 18.2 Å². The van der Waals surface area contributed by atoms with Gasteiger partial charge in [-0.25, -0.2) is 14.2 Å². The summed E-state index contributed by atoms with van der Waals surface area (Å²) >= 11 is 8.54. The van der Waals surface area contributed by atoms with Gasteiger partial charge in [-0.2, -0.15) is 9.97 Å². The average Bonchev–Trinajstić information content (AvgIpc) is 2.46. The molecular formula is C64H81ClFN9O11S. The SMILES string of the molecule is Cc1ncsc1-c1ccc([C@H](C)NC(=O)[C@@H]2C[C@@H](O)CN2C(=O)[C@@H](NC(=O)COCCOCCOC2CCN(C[C@@H](C)Oc3nc(N4CCN(C(=O)OC(C)(C)C)CC4)c4cc(Cl)c(-c5cc(O)cc6ccccc56)c(F)c4n3)CC2)C(C)(C)C)cc1. The van der Waals surface area contributed by atoms with Gasteiger partial charge in [-0.05, 0) is 105 Å². The Morgan fingerprint density at radius 2 is 1.56 bits per heavy atom. The number of likely N-dealkylation sites (tertiary alicyclic amines) is 2. The predicted molar refractivity (Wildman–Crippen MR) is 333 cm³/mol. The third-order valence-electron chi connectivity index (χ3n) is 15.8. The van der Waals surface area contributed by atoms with Gasteiger partial charge in [0.25, 0.3) is 0 Å². The highest BCUT2D eigenvalue weighted by Crippen LogP contribution is 2.43. The molecule has 3 aliphatic heterocycles. The highest BCUT2D eigenvalue weighted by Gasteiger charge is 2.45. The first kappa shape index (κ1) is 64.7. The maximum Gasteiger partial charge on any atom is 0.410 e. The molecule has 5 atom stereocenters. The smallest absolute Gasteiger partial charge is 0.410 e. The number of piperazine rings is 1. The molecule has 3 saturated heterocycles. The van der Waals surface area contributed by atoms with Crippen molar-refractivity contribution in [2.45, 2.75) is 124 Å². The molecule has 87 heavy (non-hydrogen) atoms. The lowest BCUT2D eigenvalue weighted by Crippen LogP contribution is -2.58. The molecule has 0 radical (unpaired) electrons. The summed E-state index contributed by atoms with van der Waals surface area (Å²) in [4.78, 5) is 76.3. The number of nitrogens with zero attached hydrogens (tertiary/aromatic N) is 7. The van der Waals surface area contributed by atoms with Crippen LogP contribution in [0.15, 0.2) is 72.2 Å². The predicted octanol–water partition coefficient (Wildman–Crippen LogP) is 9.09. The van der Waals surface area contributed by atoms with Crippen molar-refractivity contribution in [3.63, 3.8) is 0 Å². The fourth-order valence-electron chi connectivity index (χ4n) is 11.3. The molecule has 3 aliphatic rings. The van der Waals surface area contributed by atoms with E-state index in [-0.39, 0.29) is 78.7 Å². The lowest BCUT2D eigenvalue weighted by molar-refractivity contribution is -0.144. The second-order valence-corrected chi connectivity index (χ2v) is 26.1. The second kappa shape index (κ2) is 28.1. The largest absolute Gasteiger partial charge is 0.508 e. The third-order valence-corrected chi connectivity index (χ3v) is 17.1. The molecule has 5 heterocycles. The van der Waals surface area contributed by atoms with Gasteiger partial charge in [0.2, 0.25) is 17.7 Å². The number of hydrogen-bond donors (Lipinski definition) is 4. The van der Waals surface area contributed by atoms with E-state index in [1.165, 1.54) is 11.0 Å². The minimum atomic E-state index is -0.998. The van der Waals surface area contributed by atoms with E-state index >= 15 is 4.39 Å². The molecule has 3 fully saturated rings. The van der Waals surface area contributed by atoms with Crippen LogP contribution < -0.4 is 20.3 Å². The Hall–Kier alpha value is -6.79. The molecule has 0 saturated carbocycles. The van der Waals surface area contributed by atoms with Crippen LogP contribution in [0.25, 0.3) is 43.2 Å². The number of benzene rings is 4. The number of hydrogen-bond acceptors (Lipinski definition) is 17. The van der Waals surface area contributed by atoms with Crippen molar-refractivity contribution in [1.29, 1.82) is 0 Å². The molecule has 0 spiro atoms. The van der Waals surface area contributed by atoms with Crippen LogP contribution in [0.4, 0.5) is 15.0 Å². The number of anilines is 1. The number of carbonyl (C=O) groups excluding carboxylic acids is 4. The van der Waals surface area contributed by atoms with Crippen molar-refractivity contribution >= 4 is 74.2 Å². The molecule has 4 N–H and O–H groups in total. The van der Waals surface area contributed by atoms with E-state index in [4.69, 9.17) is 40.3 Å². The minimum Gasteiger partial charge on any atom is -0.508 e. The normalized spacial score (nSPS) is 18.2. The summed E-state index contributed by atoms with van der Waals surface area (Å²) in [5, 5.41) is 29.2. The Morgan fingerprint density at radius 3 is 2.25 bits per heavy atom. The number of amides is 4. The number of nitrogens with one attached hydrogen (secondary N) is 2. The molecule has 4 aromatic carbocycles. The molecule has 9 rings (SSSR count). The minimum absolute atomic E-state index is 0.00674. The van der Waals surface area contributed by atoms with E-state index in [9.17, 15) is 29.4 Å². The number of carbonyl (C=O) groups is 4. The van der Waals surface area contributed by atoms with Crippen molar-refractivity contribution in [3.8, 4) is 33.3 Å². The van der Waals surface area contributed by atoms with Gasteiger partial charge in [0.05, 0.1) is 65.8 Å². The van der Waals surface area contributed by atoms with Crippen LogP contribution in [-0.4, -0.2) is 185 Å². The van der Waals surface area contributed by atoms with Crippen LogP contribution in [0.5, 0.6) is 11.8 Å². The average molecular weight is 1240 g/mol. The number of ether oxygens (including phenoxy) is 5. The molecule has 0 unspecified atom stereocenters. The quantitative estimate of drug-likeness (QED) is 0.0492. The van der Waals surface area contributed by atoms with E-state index in [0.29, 0.717) is 73.5 Å². The standard InChI is InChI=1S/C64H81ClFN9O11S/c1-38(85-61-70-55-49(58(71-61)73-22-24-74(25-23-73)62(81)86-64(7,8)9)33-50(65)53(54(55)66)48-31-44(76)30-43-12-10-11-13-47(43)48)34-72-20-18-46(19-21-72)84-29-28-82-26-27-83-36-52(78)69-57(63(4,5)6)60(80)75-35-45(77)32-51(75)59(79)68-39(2)41-14-16-42(17-15-41)56-40(3)67-37-87-56/h10-17,30-31,33,37-39,45-46,51,57,76-77H,18-29,32,34-36H2,1-9H3,(H,68,79)(H,69,78)/t38-,39+,45-,51+,57-/m1/s1. The molecule has 468 valence electrons. The highest BCUT2D eigenvalue weighted by molar-refractivity contribution is 7.13. The van der Waals surface area contributed by atoms with E-state index in [1.807, 2.05) is 121 Å². The first-order valence-corrected chi connectivity index (χ1v) is 31.1. The molecular weight excluding hydrogens is 1160 g/mol. The van der Waals surface area contributed by atoms with E-state index in [0.717, 1.165) is 47.6 Å². The number of rotatable bonds is 21. The Bertz CT molecular complexity index is 3400. The number of aromatic hydroxyl groups is 1. The second-order valence-electron chi connectivity index (χ2n) is 24.8. The molecule has 6 aromatic rings. The Kier molecular flexibility index (Phi) is 20.9. The van der Waals surface area contributed by atoms with Crippen molar-refractivity contribution in [2.75, 3.05) is 90.3 Å². The summed E-state index contributed by atoms with van der Waals surface area (Å²) in [6, 6.07) is 17.7. The topological polar surface area (TPSA) is 231 Å². The Labute approximate surface area is 516 Å². The maximum atomic E-state index is 17.2. The number of β-amino-alcohol motifs (C(OH)–C–C–N with tert-alkyl or cyclic N) is 1. The zero-order valence-corrected chi connectivity index (χ0v) is 52.6. The molecule has 23 heteroatoms. The van der Waals surface area contributed by atoms with Gasteiger partial charge < -0.3 is 59.2 Å². The summed E-state index contributed by atoms with van der Waals surface area (Å²) in [5.74, 6) is -1.65. The lowest BCUT2D eigenvalue weighted by Gasteiger charge is -2.36. The Morgan fingerprint density at radius 1 is 0.862 bits per heavy atom. The number of phenolic OH excluding ortho intramolecular Hbond substituents is 1. The van der Waals surface area contributed by atoms with Gasteiger partial charge in [0, 0.05) is 69.7 Å². The number of aryl methyl sites for hydroxylation is 1. The zero-order valence-electron chi connectivity index (χ0n) is 51.1. The van der Waals surface area contributed by atoms with Crippen LogP contribution in [0.2, 0.25) is 5.02 Å². The number of aliphatic hydroxyl groups is 1. The van der Waals surface area contributed by atoms with Gasteiger partial charge in [0.15, 0.2) is 5.82 Å². The van der Waals surface area contributed by atoms with E-state index < -0.39 is 59.0 Å². The fraction of sp³-hybridized carbons (Fsp3) is 0.516. The van der Waals surface area contributed by atoms with Gasteiger partial charge in [0.1, 0.15) is 47.5 Å².